The van der Waals surface area contributed by atoms with Gasteiger partial charge in [0, 0.05) is 9.75 Å². The zero-order chi connectivity index (χ0) is 27.6. The van der Waals surface area contributed by atoms with Crippen LogP contribution in [0.15, 0.2) is 36.4 Å². The monoisotopic (exact) mass is 560 g/mol. The number of hydrogen-bond donors (Lipinski definition) is 3. The molecule has 0 saturated carbocycles. The van der Waals surface area contributed by atoms with E-state index < -0.39 is 46.8 Å². The van der Waals surface area contributed by atoms with E-state index in [1.807, 2.05) is 0 Å². The van der Waals surface area contributed by atoms with Gasteiger partial charge in [-0.25, -0.2) is 35.9 Å². The first-order chi connectivity index (χ1) is 17.3. The van der Waals surface area contributed by atoms with Crippen molar-refractivity contribution < 1.29 is 45.8 Å². The van der Waals surface area contributed by atoms with Crippen molar-refractivity contribution in [3.63, 3.8) is 0 Å². The summed E-state index contributed by atoms with van der Waals surface area (Å²) in [4.78, 5) is 22.7. The van der Waals surface area contributed by atoms with Gasteiger partial charge in [0.15, 0.2) is 34.9 Å². The van der Waals surface area contributed by atoms with Gasteiger partial charge in [0.2, 0.25) is 0 Å². The fraction of sp³-hybridized carbons (Fsp3) is 0.0435. The lowest BCUT2D eigenvalue weighted by Crippen LogP contribution is -2.00. The number of thiophene rings is 2. The van der Waals surface area contributed by atoms with Crippen LogP contribution in [0.5, 0.6) is 0 Å². The van der Waals surface area contributed by atoms with Crippen molar-refractivity contribution in [2.24, 2.45) is 0 Å². The van der Waals surface area contributed by atoms with Gasteiger partial charge in [0.1, 0.15) is 9.75 Å². The van der Waals surface area contributed by atoms with Gasteiger partial charge >= 0.3 is 11.9 Å². The van der Waals surface area contributed by atoms with Crippen molar-refractivity contribution in [2.75, 3.05) is 18.6 Å². The Labute approximate surface area is 212 Å². The van der Waals surface area contributed by atoms with Crippen LogP contribution in [0.2, 0.25) is 0 Å². The Morgan fingerprint density at radius 3 is 1.38 bits per heavy atom. The van der Waals surface area contributed by atoms with Crippen LogP contribution in [0.1, 0.15) is 19.3 Å². The SMILES string of the molecule is COC(=O)c1sc(-c2cc(F)c(F)c(F)c2)cc1N.Nc1cc(-c2cc(F)c(F)c(F)c2)sc1C(=O)O. The maximum atomic E-state index is 13.1. The predicted molar refractivity (Wildman–Crippen MR) is 126 cm³/mol. The van der Waals surface area contributed by atoms with E-state index in [0.717, 1.165) is 46.9 Å². The molecule has 2 aromatic carbocycles. The first-order valence-corrected chi connectivity index (χ1v) is 11.4. The number of anilines is 2. The van der Waals surface area contributed by atoms with Crippen LogP contribution in [0.3, 0.4) is 0 Å². The smallest absolute Gasteiger partial charge is 0.350 e. The Bertz CT molecular complexity index is 1470. The minimum atomic E-state index is -1.57. The fourth-order valence-electron chi connectivity index (χ4n) is 2.91. The lowest BCUT2D eigenvalue weighted by molar-refractivity contribution is 0.0606. The molecule has 4 rings (SSSR count). The number of hydrogen-bond acceptors (Lipinski definition) is 7. The number of carboxylic acids is 1. The van der Waals surface area contributed by atoms with Crippen LogP contribution in [0, 0.1) is 34.9 Å². The standard InChI is InChI=1S/C12H8F3NO2S.C11H6F3NO2S/c1-18-12(17)11-8(16)4-9(19-11)5-2-6(13)10(15)7(14)3-5;12-5-1-4(2-6(13)9(5)14)8-3-7(15)10(18-8)11(16)17/h2-4H,16H2,1H3;1-3H,15H2,(H,16,17). The highest BCUT2D eigenvalue weighted by molar-refractivity contribution is 7.18. The molecule has 0 aliphatic carbocycles. The number of esters is 1. The molecule has 0 radical (unpaired) electrons. The summed E-state index contributed by atoms with van der Waals surface area (Å²) >= 11 is 1.68. The van der Waals surface area contributed by atoms with E-state index >= 15 is 0 Å². The summed E-state index contributed by atoms with van der Waals surface area (Å²) in [6.07, 6.45) is 0. The summed E-state index contributed by atoms with van der Waals surface area (Å²) in [5, 5.41) is 8.80. The van der Waals surface area contributed by atoms with Crippen molar-refractivity contribution in [2.45, 2.75) is 0 Å². The van der Waals surface area contributed by atoms with Gasteiger partial charge in [-0.05, 0) is 47.5 Å². The second-order valence-corrected chi connectivity index (χ2v) is 9.20. The number of halogens is 6. The van der Waals surface area contributed by atoms with Crippen LogP contribution in [-0.2, 0) is 4.74 Å². The van der Waals surface area contributed by atoms with E-state index in [2.05, 4.69) is 4.74 Å². The number of carbonyl (C=O) groups excluding carboxylic acids is 1. The second-order valence-electron chi connectivity index (χ2n) is 7.09. The number of methoxy groups -OCH3 is 1. The Morgan fingerprint density at radius 1 is 0.703 bits per heavy atom. The number of ether oxygens (including phenoxy) is 1. The van der Waals surface area contributed by atoms with E-state index in [1.165, 1.54) is 19.2 Å². The number of nitrogens with two attached hydrogens (primary N) is 2. The summed E-state index contributed by atoms with van der Waals surface area (Å²) in [6.45, 7) is 0. The van der Waals surface area contributed by atoms with Crippen LogP contribution >= 0.6 is 22.7 Å². The van der Waals surface area contributed by atoms with Crippen LogP contribution in [0.25, 0.3) is 20.9 Å². The molecule has 0 unspecified atom stereocenters. The van der Waals surface area contributed by atoms with E-state index in [4.69, 9.17) is 16.6 Å². The molecule has 4 aromatic rings. The van der Waals surface area contributed by atoms with E-state index in [-0.39, 0.29) is 37.1 Å². The summed E-state index contributed by atoms with van der Waals surface area (Å²) < 4.78 is 82.5. The van der Waals surface area contributed by atoms with Gasteiger partial charge in [-0.15, -0.1) is 22.7 Å². The zero-order valence-corrected chi connectivity index (χ0v) is 20.0. The molecule has 0 aliphatic heterocycles. The van der Waals surface area contributed by atoms with Gasteiger partial charge in [-0.3, -0.25) is 0 Å². The largest absolute Gasteiger partial charge is 0.477 e. The second kappa shape index (κ2) is 10.9. The summed E-state index contributed by atoms with van der Waals surface area (Å²) in [7, 11) is 1.19. The quantitative estimate of drug-likeness (QED) is 0.153. The van der Waals surface area contributed by atoms with Crippen LogP contribution in [0.4, 0.5) is 37.7 Å². The first-order valence-electron chi connectivity index (χ1n) is 9.74. The topological polar surface area (TPSA) is 116 Å². The Balaban J connectivity index is 0.000000206. The molecule has 0 bridgehead atoms. The third-order valence-electron chi connectivity index (χ3n) is 4.62. The summed E-state index contributed by atoms with van der Waals surface area (Å²) in [5.74, 6) is -10.3. The van der Waals surface area contributed by atoms with Crippen LogP contribution < -0.4 is 11.5 Å². The van der Waals surface area contributed by atoms with Crippen molar-refractivity contribution in [3.8, 4) is 20.9 Å². The minimum Gasteiger partial charge on any atom is -0.477 e. The molecular formula is C23H14F6N2O4S2. The highest BCUT2D eigenvalue weighted by Crippen LogP contribution is 2.35. The number of benzene rings is 2. The molecule has 5 N–H and O–H groups in total. The van der Waals surface area contributed by atoms with E-state index in [0.29, 0.717) is 4.88 Å². The number of carboxylic acid groups (broad SMARTS) is 1. The fourth-order valence-corrected chi connectivity index (χ4v) is 4.80. The molecule has 0 amide bonds. The molecule has 0 atom stereocenters. The Morgan fingerprint density at radius 2 is 1.05 bits per heavy atom. The number of rotatable bonds is 4. The third-order valence-corrected chi connectivity index (χ3v) is 6.99. The average molecular weight is 560 g/mol. The maximum absolute atomic E-state index is 13.1. The molecule has 37 heavy (non-hydrogen) atoms. The van der Waals surface area contributed by atoms with Crippen molar-refractivity contribution in [1.82, 2.24) is 0 Å². The van der Waals surface area contributed by atoms with Crippen molar-refractivity contribution >= 4 is 46.0 Å². The molecule has 6 nitrogen and oxygen atoms in total. The van der Waals surface area contributed by atoms with Crippen LogP contribution in [-0.4, -0.2) is 24.2 Å². The summed E-state index contributed by atoms with van der Waals surface area (Å²) in [6, 6.07) is 5.91. The molecule has 0 spiro atoms. The Kier molecular flexibility index (Phi) is 8.13. The first kappa shape index (κ1) is 27.5. The number of nitrogen functional groups attached to an aromatic ring is 2. The van der Waals surface area contributed by atoms with Crippen molar-refractivity contribution in [3.05, 3.63) is 81.1 Å². The molecule has 2 heterocycles. The van der Waals surface area contributed by atoms with E-state index in [1.54, 1.807) is 0 Å². The lowest BCUT2D eigenvalue weighted by atomic mass is 10.1. The van der Waals surface area contributed by atoms with Gasteiger partial charge in [-0.2, -0.15) is 0 Å². The number of carbonyl (C=O) groups is 2. The Hall–Kier alpha value is -4.04. The van der Waals surface area contributed by atoms with Crippen molar-refractivity contribution in [1.29, 1.82) is 0 Å². The predicted octanol–water partition coefficient (Wildman–Crippen LogP) is 6.31. The molecule has 0 saturated heterocycles. The molecule has 14 heteroatoms. The molecule has 194 valence electrons. The van der Waals surface area contributed by atoms with Gasteiger partial charge in [0.05, 0.1) is 18.5 Å². The number of aromatic carboxylic acids is 1. The summed E-state index contributed by atoms with van der Waals surface area (Å²) in [5.41, 5.74) is 11.3. The highest BCUT2D eigenvalue weighted by atomic mass is 32.1. The molecular weight excluding hydrogens is 546 g/mol. The van der Waals surface area contributed by atoms with E-state index in [9.17, 15) is 35.9 Å². The molecule has 0 fully saturated rings. The lowest BCUT2D eigenvalue weighted by Gasteiger charge is -2.00. The molecule has 2 aromatic heterocycles. The normalized spacial score (nSPS) is 10.6. The minimum absolute atomic E-state index is 0.00681. The van der Waals surface area contributed by atoms with Gasteiger partial charge < -0.3 is 21.3 Å². The zero-order valence-electron chi connectivity index (χ0n) is 18.4. The highest BCUT2D eigenvalue weighted by Gasteiger charge is 2.19. The van der Waals surface area contributed by atoms with Gasteiger partial charge in [0.25, 0.3) is 0 Å². The molecule has 0 aliphatic rings. The maximum Gasteiger partial charge on any atom is 0.350 e. The average Bonchev–Trinajstić information content (AvgIpc) is 3.43. The van der Waals surface area contributed by atoms with Gasteiger partial charge in [-0.1, -0.05) is 0 Å². The third kappa shape index (κ3) is 5.86.